The van der Waals surface area contributed by atoms with Crippen molar-refractivity contribution in [3.05, 3.63) is 46.8 Å². The summed E-state index contributed by atoms with van der Waals surface area (Å²) in [6.45, 7) is 4.33. The number of rotatable bonds is 4. The van der Waals surface area contributed by atoms with Crippen LogP contribution in [0.15, 0.2) is 23.4 Å². The number of aromatic nitrogens is 2. The van der Waals surface area contributed by atoms with Crippen LogP contribution >= 0.6 is 0 Å². The molecule has 23 heavy (non-hydrogen) atoms. The molecule has 0 saturated carbocycles. The van der Waals surface area contributed by atoms with E-state index in [1.54, 1.807) is 4.68 Å². The molecule has 1 unspecified atom stereocenters. The van der Waals surface area contributed by atoms with Gasteiger partial charge in [0, 0.05) is 24.2 Å². The lowest BCUT2D eigenvalue weighted by molar-refractivity contribution is 0.0692. The van der Waals surface area contributed by atoms with Crippen LogP contribution in [-0.2, 0) is 11.4 Å². The quantitative estimate of drug-likeness (QED) is 0.870. The lowest BCUT2D eigenvalue weighted by Crippen LogP contribution is -2.19. The number of methoxy groups -OCH3 is 1. The van der Waals surface area contributed by atoms with Crippen molar-refractivity contribution in [2.75, 3.05) is 7.11 Å². The molecule has 0 spiro atoms. The predicted octanol–water partition coefficient (Wildman–Crippen LogP) is 2.98. The number of hydrogen-bond acceptors (Lipinski definition) is 4. The number of oxime groups is 1. The topological polar surface area (TPSA) is 48.6 Å². The zero-order valence-electron chi connectivity index (χ0n) is 13.1. The molecule has 1 atom stereocenters. The second kappa shape index (κ2) is 5.98. The zero-order valence-corrected chi connectivity index (χ0v) is 13.1. The summed E-state index contributed by atoms with van der Waals surface area (Å²) in [5.41, 5.74) is 2.01. The summed E-state index contributed by atoms with van der Waals surface area (Å²) in [6, 6.07) is 4.23. The monoisotopic (exact) mass is 321 g/mol. The average Bonchev–Trinajstić information content (AvgIpc) is 3.05. The second-order valence-corrected chi connectivity index (χ2v) is 5.54. The third-order valence-corrected chi connectivity index (χ3v) is 3.75. The Hall–Kier alpha value is -2.44. The van der Waals surface area contributed by atoms with Crippen molar-refractivity contribution in [3.63, 3.8) is 0 Å². The van der Waals surface area contributed by atoms with Crippen molar-refractivity contribution in [3.8, 4) is 5.75 Å². The van der Waals surface area contributed by atoms with E-state index in [2.05, 4.69) is 10.3 Å². The van der Waals surface area contributed by atoms with E-state index >= 15 is 0 Å². The van der Waals surface area contributed by atoms with Crippen LogP contribution < -0.4 is 4.74 Å². The van der Waals surface area contributed by atoms with Gasteiger partial charge in [-0.1, -0.05) is 5.16 Å². The Labute approximate surface area is 132 Å². The molecule has 5 nitrogen and oxygen atoms in total. The Morgan fingerprint density at radius 1 is 1.26 bits per heavy atom. The maximum atomic E-state index is 14.1. The highest BCUT2D eigenvalue weighted by Crippen LogP contribution is 2.26. The third kappa shape index (κ3) is 3.04. The molecule has 0 bridgehead atoms. The smallest absolute Gasteiger partial charge is 0.152 e. The fourth-order valence-corrected chi connectivity index (χ4v) is 2.67. The Balaban J connectivity index is 1.76. The molecular formula is C16H17F2N3O2. The molecule has 1 aliphatic rings. The van der Waals surface area contributed by atoms with E-state index in [0.29, 0.717) is 13.0 Å². The molecule has 1 aliphatic heterocycles. The molecule has 0 radical (unpaired) electrons. The minimum Gasteiger partial charge on any atom is -0.497 e. The first-order valence-corrected chi connectivity index (χ1v) is 7.25. The van der Waals surface area contributed by atoms with Crippen LogP contribution in [0.3, 0.4) is 0 Å². The predicted molar refractivity (Wildman–Crippen MR) is 80.6 cm³/mol. The van der Waals surface area contributed by atoms with E-state index in [0.717, 1.165) is 23.5 Å². The summed E-state index contributed by atoms with van der Waals surface area (Å²) in [4.78, 5) is 5.32. The third-order valence-electron chi connectivity index (χ3n) is 3.75. The van der Waals surface area contributed by atoms with Gasteiger partial charge in [-0.05, 0) is 19.9 Å². The summed E-state index contributed by atoms with van der Waals surface area (Å²) >= 11 is 0. The van der Waals surface area contributed by atoms with Crippen LogP contribution in [0, 0.1) is 25.5 Å². The summed E-state index contributed by atoms with van der Waals surface area (Å²) in [7, 11) is 1.36. The van der Waals surface area contributed by atoms with Crippen molar-refractivity contribution >= 4 is 5.71 Å². The van der Waals surface area contributed by atoms with Gasteiger partial charge in [-0.15, -0.1) is 0 Å². The first kappa shape index (κ1) is 15.5. The van der Waals surface area contributed by atoms with Crippen LogP contribution in [0.5, 0.6) is 5.75 Å². The first-order chi connectivity index (χ1) is 11.0. The Morgan fingerprint density at radius 2 is 1.96 bits per heavy atom. The highest BCUT2D eigenvalue weighted by Gasteiger charge is 2.28. The van der Waals surface area contributed by atoms with Gasteiger partial charge in [0.15, 0.2) is 6.10 Å². The van der Waals surface area contributed by atoms with Crippen molar-refractivity contribution in [1.29, 1.82) is 0 Å². The molecule has 1 aromatic heterocycles. The largest absolute Gasteiger partial charge is 0.497 e. The Morgan fingerprint density at radius 3 is 2.52 bits per heavy atom. The van der Waals surface area contributed by atoms with Gasteiger partial charge in [-0.25, -0.2) is 8.78 Å². The fraction of sp³-hybridized carbons (Fsp3) is 0.375. The Kier molecular flexibility index (Phi) is 4.02. The van der Waals surface area contributed by atoms with Gasteiger partial charge in [0.1, 0.15) is 17.4 Å². The number of benzene rings is 1. The SMILES string of the molecule is COc1cc(F)c(C2=NOC(Cn3nc(C)cc3C)C2)c(F)c1. The van der Waals surface area contributed by atoms with Crippen LogP contribution in [0.25, 0.3) is 0 Å². The molecule has 3 rings (SSSR count). The molecule has 2 aromatic rings. The van der Waals surface area contributed by atoms with Crippen molar-refractivity contribution in [1.82, 2.24) is 9.78 Å². The van der Waals surface area contributed by atoms with Crippen molar-refractivity contribution in [2.24, 2.45) is 5.16 Å². The van der Waals surface area contributed by atoms with E-state index in [-0.39, 0.29) is 23.1 Å². The molecule has 0 saturated heterocycles. The van der Waals surface area contributed by atoms with E-state index in [9.17, 15) is 8.78 Å². The zero-order chi connectivity index (χ0) is 16.6. The number of hydrogen-bond donors (Lipinski definition) is 0. The number of nitrogens with zero attached hydrogens (tertiary/aromatic N) is 3. The molecule has 0 fully saturated rings. The van der Waals surface area contributed by atoms with E-state index < -0.39 is 11.6 Å². The summed E-state index contributed by atoms with van der Waals surface area (Å²) in [5, 5.41) is 8.20. The fourth-order valence-electron chi connectivity index (χ4n) is 2.67. The minimum absolute atomic E-state index is 0.127. The lowest BCUT2D eigenvalue weighted by atomic mass is 10.0. The number of halogens is 2. The summed E-state index contributed by atoms with van der Waals surface area (Å²) in [6.07, 6.45) is 0.0160. The average molecular weight is 321 g/mol. The molecule has 122 valence electrons. The first-order valence-electron chi connectivity index (χ1n) is 7.25. The van der Waals surface area contributed by atoms with Gasteiger partial charge in [-0.3, -0.25) is 4.68 Å². The van der Waals surface area contributed by atoms with E-state index in [4.69, 9.17) is 9.57 Å². The van der Waals surface area contributed by atoms with E-state index in [1.807, 2.05) is 19.9 Å². The van der Waals surface area contributed by atoms with Crippen LogP contribution in [0.4, 0.5) is 8.78 Å². The van der Waals surface area contributed by atoms with Crippen LogP contribution in [-0.4, -0.2) is 28.7 Å². The maximum Gasteiger partial charge on any atom is 0.152 e. The minimum atomic E-state index is -0.712. The molecule has 0 aliphatic carbocycles. The number of ether oxygens (including phenoxy) is 1. The van der Waals surface area contributed by atoms with Gasteiger partial charge in [0.2, 0.25) is 0 Å². The van der Waals surface area contributed by atoms with Crippen molar-refractivity contribution in [2.45, 2.75) is 32.9 Å². The van der Waals surface area contributed by atoms with Crippen LogP contribution in [0.2, 0.25) is 0 Å². The van der Waals surface area contributed by atoms with Gasteiger partial charge in [0.25, 0.3) is 0 Å². The lowest BCUT2D eigenvalue weighted by Gasteiger charge is -2.10. The van der Waals surface area contributed by atoms with Gasteiger partial charge in [-0.2, -0.15) is 5.10 Å². The normalized spacial score (nSPS) is 17.1. The summed E-state index contributed by atoms with van der Waals surface area (Å²) < 4.78 is 34.8. The van der Waals surface area contributed by atoms with Crippen molar-refractivity contribution < 1.29 is 18.4 Å². The summed E-state index contributed by atoms with van der Waals surface area (Å²) in [5.74, 6) is -1.30. The number of aryl methyl sites for hydroxylation is 2. The molecule has 7 heteroatoms. The molecular weight excluding hydrogens is 304 g/mol. The standard InChI is InChI=1S/C16H17F2N3O2/c1-9-4-10(2)21(19-9)8-12-7-15(20-23-12)16-13(17)5-11(22-3)6-14(16)18/h4-6,12H,7-8H2,1-3H3. The molecule has 1 aromatic carbocycles. The highest BCUT2D eigenvalue weighted by atomic mass is 19.1. The second-order valence-electron chi connectivity index (χ2n) is 5.54. The molecule has 0 amide bonds. The maximum absolute atomic E-state index is 14.1. The van der Waals surface area contributed by atoms with Gasteiger partial charge >= 0.3 is 0 Å². The van der Waals surface area contributed by atoms with Gasteiger partial charge in [0.05, 0.1) is 30.6 Å². The van der Waals surface area contributed by atoms with Crippen LogP contribution in [0.1, 0.15) is 23.4 Å². The Bertz CT molecular complexity index is 748. The molecule has 2 heterocycles. The van der Waals surface area contributed by atoms with Gasteiger partial charge < -0.3 is 9.57 Å². The van der Waals surface area contributed by atoms with E-state index in [1.165, 1.54) is 7.11 Å². The highest BCUT2D eigenvalue weighted by molar-refractivity contribution is 6.01. The molecule has 0 N–H and O–H groups in total.